The van der Waals surface area contributed by atoms with Crippen LogP contribution in [0, 0.1) is 0 Å². The first kappa shape index (κ1) is 20.0. The quantitative estimate of drug-likeness (QED) is 0.428. The molecule has 154 valence electrons. The van der Waals surface area contributed by atoms with Crippen LogP contribution in [0.3, 0.4) is 0 Å². The first-order valence-corrected chi connectivity index (χ1v) is 9.72. The zero-order valence-electron chi connectivity index (χ0n) is 16.5. The molecule has 0 aliphatic rings. The molecule has 0 atom stereocenters. The van der Waals surface area contributed by atoms with E-state index < -0.39 is 0 Å². The molecule has 0 aliphatic carbocycles. The number of rotatable bonds is 6. The fraction of sp³-hybridized carbons (Fsp3) is 0.0400. The molecule has 0 saturated carbocycles. The van der Waals surface area contributed by atoms with Gasteiger partial charge in [-0.25, -0.2) is 0 Å². The van der Waals surface area contributed by atoms with Crippen LogP contribution in [-0.2, 0) is 4.79 Å². The molecule has 4 aromatic rings. The van der Waals surface area contributed by atoms with Gasteiger partial charge in [0.1, 0.15) is 11.5 Å². The topological polar surface area (TPSA) is 87.7 Å². The van der Waals surface area contributed by atoms with E-state index in [9.17, 15) is 14.7 Å². The Bertz CT molecular complexity index is 1250. The summed E-state index contributed by atoms with van der Waals surface area (Å²) in [5, 5.41) is 16.8. The van der Waals surface area contributed by atoms with E-state index in [1.165, 1.54) is 6.07 Å². The molecule has 0 heterocycles. The van der Waals surface area contributed by atoms with Gasteiger partial charge in [-0.05, 0) is 41.1 Å². The van der Waals surface area contributed by atoms with E-state index >= 15 is 0 Å². The van der Waals surface area contributed by atoms with Crippen molar-refractivity contribution in [2.24, 2.45) is 0 Å². The molecule has 2 amide bonds. The van der Waals surface area contributed by atoms with Gasteiger partial charge in [0.25, 0.3) is 5.91 Å². The fourth-order valence-corrected chi connectivity index (χ4v) is 3.21. The molecule has 4 rings (SSSR count). The first-order valence-electron chi connectivity index (χ1n) is 9.72. The van der Waals surface area contributed by atoms with Gasteiger partial charge in [-0.2, -0.15) is 0 Å². The lowest BCUT2D eigenvalue weighted by molar-refractivity contribution is -0.115. The van der Waals surface area contributed by atoms with Crippen LogP contribution in [0.2, 0.25) is 0 Å². The number of phenols is 1. The average Bonchev–Trinajstić information content (AvgIpc) is 2.78. The number of nitrogens with one attached hydrogen (secondary N) is 2. The molecule has 6 nitrogen and oxygen atoms in total. The molecule has 3 N–H and O–H groups in total. The summed E-state index contributed by atoms with van der Waals surface area (Å²) in [6.45, 7) is -0.192. The summed E-state index contributed by atoms with van der Waals surface area (Å²) < 4.78 is 5.77. The van der Waals surface area contributed by atoms with Crippen LogP contribution < -0.4 is 15.4 Å². The second-order valence-corrected chi connectivity index (χ2v) is 6.85. The maximum Gasteiger partial charge on any atom is 0.252 e. The standard InChI is InChI=1S/C25H20N2O4/c28-18-9-6-10-19(15-18)31-23-14-4-3-13-22(23)27-24(29)16-26-25(30)21-12-5-8-17-7-1-2-11-20(17)21/h1-15,28H,16H2,(H,26,30)(H,27,29). The Labute approximate surface area is 179 Å². The van der Waals surface area contributed by atoms with Gasteiger partial charge in [-0.15, -0.1) is 0 Å². The largest absolute Gasteiger partial charge is 0.508 e. The minimum absolute atomic E-state index is 0.0789. The molecule has 0 aliphatic heterocycles. The third-order valence-electron chi connectivity index (χ3n) is 4.65. The van der Waals surface area contributed by atoms with E-state index in [0.29, 0.717) is 22.7 Å². The molecule has 31 heavy (non-hydrogen) atoms. The predicted molar refractivity (Wildman–Crippen MR) is 120 cm³/mol. The lowest BCUT2D eigenvalue weighted by atomic mass is 10.0. The Balaban J connectivity index is 1.42. The lowest BCUT2D eigenvalue weighted by Crippen LogP contribution is -2.33. The normalized spacial score (nSPS) is 10.5. The number of carbonyl (C=O) groups excluding carboxylic acids is 2. The minimum Gasteiger partial charge on any atom is -0.508 e. The molecule has 6 heteroatoms. The molecule has 0 bridgehead atoms. The number of hydrogen-bond acceptors (Lipinski definition) is 4. The monoisotopic (exact) mass is 412 g/mol. The molecular formula is C25H20N2O4. The minimum atomic E-state index is -0.388. The van der Waals surface area contributed by atoms with Crippen molar-refractivity contribution < 1.29 is 19.4 Å². The van der Waals surface area contributed by atoms with Gasteiger partial charge in [0, 0.05) is 11.6 Å². The van der Waals surface area contributed by atoms with Crippen molar-refractivity contribution in [3.05, 3.63) is 96.6 Å². The molecule has 0 aromatic heterocycles. The molecule has 4 aromatic carbocycles. The summed E-state index contributed by atoms with van der Waals surface area (Å²) >= 11 is 0. The molecule has 0 spiro atoms. The van der Waals surface area contributed by atoms with E-state index in [0.717, 1.165) is 10.8 Å². The Kier molecular flexibility index (Phi) is 5.80. The number of fused-ring (bicyclic) bond motifs is 1. The first-order chi connectivity index (χ1) is 15.1. The molecular weight excluding hydrogens is 392 g/mol. The number of amides is 2. The Morgan fingerprint density at radius 2 is 1.58 bits per heavy atom. The van der Waals surface area contributed by atoms with Gasteiger partial charge >= 0.3 is 0 Å². The summed E-state index contributed by atoms with van der Waals surface area (Å²) in [6, 6.07) is 26.4. The summed E-state index contributed by atoms with van der Waals surface area (Å²) in [6.07, 6.45) is 0. The number of carbonyl (C=O) groups is 2. The zero-order chi connectivity index (χ0) is 21.6. The summed E-state index contributed by atoms with van der Waals surface area (Å²) in [5.41, 5.74) is 0.966. The van der Waals surface area contributed by atoms with Gasteiger partial charge in [-0.1, -0.05) is 54.6 Å². The number of phenolic OH excluding ortho intramolecular Hbond substituents is 1. The van der Waals surface area contributed by atoms with Gasteiger partial charge in [0.2, 0.25) is 5.91 Å². The van der Waals surface area contributed by atoms with Crippen LogP contribution in [0.25, 0.3) is 10.8 Å². The summed E-state index contributed by atoms with van der Waals surface area (Å²) in [5.74, 6) is 0.222. The summed E-state index contributed by atoms with van der Waals surface area (Å²) in [4.78, 5) is 25.1. The highest BCUT2D eigenvalue weighted by Gasteiger charge is 2.13. The molecule has 0 unspecified atom stereocenters. The van der Waals surface area contributed by atoms with Crippen molar-refractivity contribution in [3.8, 4) is 17.2 Å². The van der Waals surface area contributed by atoms with Crippen molar-refractivity contribution in [1.29, 1.82) is 0 Å². The van der Waals surface area contributed by atoms with Crippen molar-refractivity contribution in [2.75, 3.05) is 11.9 Å². The van der Waals surface area contributed by atoms with Crippen LogP contribution in [0.4, 0.5) is 5.69 Å². The smallest absolute Gasteiger partial charge is 0.252 e. The third kappa shape index (κ3) is 4.82. The number of benzene rings is 4. The van der Waals surface area contributed by atoms with Crippen LogP contribution in [0.5, 0.6) is 17.2 Å². The Morgan fingerprint density at radius 1 is 0.839 bits per heavy atom. The van der Waals surface area contributed by atoms with Crippen LogP contribution in [-0.4, -0.2) is 23.5 Å². The Hall–Kier alpha value is -4.32. The van der Waals surface area contributed by atoms with E-state index in [2.05, 4.69) is 10.6 Å². The van der Waals surface area contributed by atoms with E-state index in [-0.39, 0.29) is 24.1 Å². The van der Waals surface area contributed by atoms with E-state index in [4.69, 9.17) is 4.74 Å². The lowest BCUT2D eigenvalue weighted by Gasteiger charge is -2.13. The second-order valence-electron chi connectivity index (χ2n) is 6.85. The highest BCUT2D eigenvalue weighted by Crippen LogP contribution is 2.30. The third-order valence-corrected chi connectivity index (χ3v) is 4.65. The van der Waals surface area contributed by atoms with Crippen LogP contribution >= 0.6 is 0 Å². The number of hydrogen-bond donors (Lipinski definition) is 3. The predicted octanol–water partition coefficient (Wildman–Crippen LogP) is 4.71. The number of aromatic hydroxyl groups is 1. The van der Waals surface area contributed by atoms with Crippen molar-refractivity contribution in [3.63, 3.8) is 0 Å². The highest BCUT2D eigenvalue weighted by atomic mass is 16.5. The van der Waals surface area contributed by atoms with Crippen LogP contribution in [0.1, 0.15) is 10.4 Å². The maximum atomic E-state index is 12.6. The second kappa shape index (κ2) is 9.00. The van der Waals surface area contributed by atoms with Gasteiger partial charge in [0.05, 0.1) is 12.2 Å². The molecule has 0 fully saturated rings. The van der Waals surface area contributed by atoms with Gasteiger partial charge in [0.15, 0.2) is 5.75 Å². The van der Waals surface area contributed by atoms with Gasteiger partial charge in [-0.3, -0.25) is 9.59 Å². The van der Waals surface area contributed by atoms with Crippen LogP contribution in [0.15, 0.2) is 91.0 Å². The number of anilines is 1. The van der Waals surface area contributed by atoms with E-state index in [1.807, 2.05) is 36.4 Å². The Morgan fingerprint density at radius 3 is 2.45 bits per heavy atom. The zero-order valence-corrected chi connectivity index (χ0v) is 16.5. The molecule has 0 saturated heterocycles. The summed E-state index contributed by atoms with van der Waals surface area (Å²) in [7, 11) is 0. The maximum absolute atomic E-state index is 12.6. The van der Waals surface area contributed by atoms with Crippen molar-refractivity contribution in [1.82, 2.24) is 5.32 Å². The molecule has 0 radical (unpaired) electrons. The number of para-hydroxylation sites is 2. The van der Waals surface area contributed by atoms with Crippen molar-refractivity contribution in [2.45, 2.75) is 0 Å². The van der Waals surface area contributed by atoms with Gasteiger partial charge < -0.3 is 20.5 Å². The average molecular weight is 412 g/mol. The van der Waals surface area contributed by atoms with E-state index in [1.54, 1.807) is 48.5 Å². The fourth-order valence-electron chi connectivity index (χ4n) is 3.21. The number of ether oxygens (including phenoxy) is 1. The SMILES string of the molecule is O=C(CNC(=O)c1cccc2ccccc12)Nc1ccccc1Oc1cccc(O)c1. The highest BCUT2D eigenvalue weighted by molar-refractivity contribution is 6.08. The van der Waals surface area contributed by atoms with Crippen molar-refractivity contribution >= 4 is 28.3 Å².